The molecule has 0 spiro atoms. The van der Waals surface area contributed by atoms with Gasteiger partial charge in [0.25, 0.3) is 0 Å². The second kappa shape index (κ2) is 5.87. The van der Waals surface area contributed by atoms with Crippen LogP contribution < -0.4 is 0 Å². The fourth-order valence-corrected chi connectivity index (χ4v) is 7.52. The fourth-order valence-electron chi connectivity index (χ4n) is 6.76. The van der Waals surface area contributed by atoms with Crippen LogP contribution in [-0.2, 0) is 4.79 Å². The third-order valence-corrected chi connectivity index (χ3v) is 8.50. The number of carbonyl (C=O) groups is 1. The second-order valence-electron chi connectivity index (χ2n) is 10.3. The summed E-state index contributed by atoms with van der Waals surface area (Å²) in [6.07, 6.45) is 6.20. The molecular weight excluding hydrogens is 336 g/mol. The Kier molecular flexibility index (Phi) is 4.51. The number of hydrogen-bond acceptors (Lipinski definition) is 2. The van der Waals surface area contributed by atoms with Gasteiger partial charge in [0.2, 0.25) is 0 Å². The van der Waals surface area contributed by atoms with Gasteiger partial charge in [-0.3, -0.25) is 4.79 Å². The maximum atomic E-state index is 14.1. The van der Waals surface area contributed by atoms with Gasteiger partial charge >= 0.3 is 0 Å². The molecule has 0 saturated heterocycles. The number of carbonyl (C=O) groups excluding carboxylic acids is 1. The third-order valence-electron chi connectivity index (χ3n) is 8.09. The van der Waals surface area contributed by atoms with Crippen LogP contribution in [0, 0.1) is 21.7 Å². The molecular formula is C24H36OS. The van der Waals surface area contributed by atoms with E-state index in [1.807, 2.05) is 0 Å². The molecule has 0 radical (unpaired) electrons. The lowest BCUT2D eigenvalue weighted by molar-refractivity contribution is -0.114. The maximum Gasteiger partial charge on any atom is 0.186 e. The Morgan fingerprint density at radius 1 is 0.692 bits per heavy atom. The van der Waals surface area contributed by atoms with Gasteiger partial charge in [-0.25, -0.2) is 0 Å². The monoisotopic (exact) mass is 372 g/mol. The summed E-state index contributed by atoms with van der Waals surface area (Å²) >= 11 is 6.16. The summed E-state index contributed by atoms with van der Waals surface area (Å²) in [5.74, 6) is 0.354. The van der Waals surface area contributed by atoms with Crippen LogP contribution >= 0.6 is 12.2 Å². The summed E-state index contributed by atoms with van der Waals surface area (Å²) in [4.78, 5) is 15.1. The average molecular weight is 373 g/mol. The lowest BCUT2D eigenvalue weighted by Crippen LogP contribution is -2.34. The molecule has 0 N–H and O–H groups in total. The third kappa shape index (κ3) is 2.26. The second-order valence-corrected chi connectivity index (χ2v) is 10.7. The van der Waals surface area contributed by atoms with Crippen molar-refractivity contribution >= 4 is 22.9 Å². The minimum Gasteiger partial charge on any atom is -0.289 e. The van der Waals surface area contributed by atoms with E-state index in [9.17, 15) is 4.79 Å². The van der Waals surface area contributed by atoms with E-state index in [0.717, 1.165) is 54.5 Å². The van der Waals surface area contributed by atoms with Crippen molar-refractivity contribution in [1.82, 2.24) is 0 Å². The Morgan fingerprint density at radius 2 is 1.00 bits per heavy atom. The van der Waals surface area contributed by atoms with E-state index in [2.05, 4.69) is 55.4 Å². The highest BCUT2D eigenvalue weighted by molar-refractivity contribution is 7.81. The number of hydrogen-bond donors (Lipinski definition) is 0. The largest absolute Gasteiger partial charge is 0.289 e. The molecule has 26 heavy (non-hydrogen) atoms. The van der Waals surface area contributed by atoms with Crippen molar-refractivity contribution in [3.63, 3.8) is 0 Å². The molecule has 0 aromatic rings. The van der Waals surface area contributed by atoms with Crippen LogP contribution in [0.5, 0.6) is 0 Å². The molecule has 0 aromatic carbocycles. The van der Waals surface area contributed by atoms with E-state index in [0.29, 0.717) is 5.78 Å². The normalized spacial score (nSPS) is 27.8. The van der Waals surface area contributed by atoms with Crippen molar-refractivity contribution in [2.24, 2.45) is 21.7 Å². The highest BCUT2D eigenvalue weighted by atomic mass is 32.1. The lowest BCUT2D eigenvalue weighted by Gasteiger charge is -2.36. The zero-order valence-electron chi connectivity index (χ0n) is 18.1. The first-order chi connectivity index (χ1) is 12.0. The fraction of sp³-hybridized carbons (Fsp3) is 0.750. The summed E-state index contributed by atoms with van der Waals surface area (Å²) in [5.41, 5.74) is 4.61. The van der Waals surface area contributed by atoms with Crippen molar-refractivity contribution < 1.29 is 4.79 Å². The molecule has 3 rings (SSSR count). The Balaban J connectivity index is 2.33. The topological polar surface area (TPSA) is 17.1 Å². The Hall–Kier alpha value is -0.760. The van der Waals surface area contributed by atoms with Crippen LogP contribution in [0.4, 0.5) is 0 Å². The predicted octanol–water partition coefficient (Wildman–Crippen LogP) is 7.00. The van der Waals surface area contributed by atoms with Gasteiger partial charge in [0, 0.05) is 16.0 Å². The van der Waals surface area contributed by atoms with Crippen molar-refractivity contribution in [3.05, 3.63) is 22.3 Å². The molecule has 0 aliphatic heterocycles. The summed E-state index contributed by atoms with van der Waals surface area (Å²) in [7, 11) is 0. The molecule has 3 aliphatic rings. The molecule has 144 valence electrons. The summed E-state index contributed by atoms with van der Waals surface area (Å²) in [6, 6.07) is 0. The molecule has 0 heterocycles. The smallest absolute Gasteiger partial charge is 0.186 e. The standard InChI is InChI=1S/C24H36OS/c1-9-23(10-2)13-21(5,6)17-15(23)19(25)16-18(20(17)26)22(7,8)14-24(16,11-3)12-4/h9-14H2,1-8H3. The van der Waals surface area contributed by atoms with E-state index < -0.39 is 0 Å². The summed E-state index contributed by atoms with van der Waals surface area (Å²) in [5, 5.41) is 0. The quantitative estimate of drug-likeness (QED) is 0.494. The molecule has 0 amide bonds. The number of Topliss-reactive ketones (excluding diaryl/α,β-unsaturated/α-hetero) is 1. The Labute approximate surface area is 165 Å². The molecule has 3 aliphatic carbocycles. The maximum absolute atomic E-state index is 14.1. The van der Waals surface area contributed by atoms with E-state index in [4.69, 9.17) is 12.2 Å². The van der Waals surface area contributed by atoms with Crippen LogP contribution in [0.2, 0.25) is 0 Å². The lowest BCUT2D eigenvalue weighted by atomic mass is 9.66. The molecule has 0 fully saturated rings. The number of allylic oxidation sites excluding steroid dienone is 4. The number of ketones is 1. The molecule has 0 aromatic heterocycles. The van der Waals surface area contributed by atoms with Gasteiger partial charge in [-0.05, 0) is 71.3 Å². The van der Waals surface area contributed by atoms with Gasteiger partial charge in [-0.2, -0.15) is 0 Å². The predicted molar refractivity (Wildman–Crippen MR) is 114 cm³/mol. The minimum absolute atomic E-state index is 0.00153. The Morgan fingerprint density at radius 3 is 1.27 bits per heavy atom. The molecule has 2 heteroatoms. The number of thiocarbonyl (C=S) groups is 1. The first-order valence-electron chi connectivity index (χ1n) is 10.6. The molecule has 1 nitrogen and oxygen atoms in total. The van der Waals surface area contributed by atoms with E-state index in [-0.39, 0.29) is 21.7 Å². The molecule has 0 atom stereocenters. The highest BCUT2D eigenvalue weighted by Gasteiger charge is 2.60. The van der Waals surface area contributed by atoms with Gasteiger partial charge in [0.05, 0.1) is 0 Å². The van der Waals surface area contributed by atoms with Crippen molar-refractivity contribution in [3.8, 4) is 0 Å². The highest BCUT2D eigenvalue weighted by Crippen LogP contribution is 2.66. The summed E-state index contributed by atoms with van der Waals surface area (Å²) in [6.45, 7) is 18.2. The van der Waals surface area contributed by atoms with Crippen LogP contribution in [0.1, 0.15) is 93.9 Å². The van der Waals surface area contributed by atoms with Gasteiger partial charge < -0.3 is 0 Å². The van der Waals surface area contributed by atoms with E-state index in [1.54, 1.807) is 0 Å². The van der Waals surface area contributed by atoms with Gasteiger partial charge in [-0.1, -0.05) is 67.6 Å². The van der Waals surface area contributed by atoms with Crippen LogP contribution in [0.3, 0.4) is 0 Å². The van der Waals surface area contributed by atoms with E-state index >= 15 is 0 Å². The van der Waals surface area contributed by atoms with Gasteiger partial charge in [0.1, 0.15) is 0 Å². The number of rotatable bonds is 4. The zero-order chi connectivity index (χ0) is 19.7. The van der Waals surface area contributed by atoms with Gasteiger partial charge in [-0.15, -0.1) is 0 Å². The van der Waals surface area contributed by atoms with Crippen molar-refractivity contribution in [2.75, 3.05) is 0 Å². The van der Waals surface area contributed by atoms with Gasteiger partial charge in [0.15, 0.2) is 5.78 Å². The Bertz CT molecular complexity index is 676. The SMILES string of the molecule is CCC1(CC)CC(C)(C)C2=C1C(=O)C1=C(C2=S)C(C)(C)CC1(CC)CC. The van der Waals surface area contributed by atoms with Crippen molar-refractivity contribution in [1.29, 1.82) is 0 Å². The van der Waals surface area contributed by atoms with Crippen LogP contribution in [0.15, 0.2) is 22.3 Å². The van der Waals surface area contributed by atoms with E-state index in [1.165, 1.54) is 11.1 Å². The summed E-state index contributed by atoms with van der Waals surface area (Å²) < 4.78 is 0. The average Bonchev–Trinajstić information content (AvgIpc) is 2.98. The van der Waals surface area contributed by atoms with Crippen LogP contribution in [-0.4, -0.2) is 10.6 Å². The zero-order valence-corrected chi connectivity index (χ0v) is 18.9. The molecule has 0 bridgehead atoms. The first kappa shape index (κ1) is 20.0. The van der Waals surface area contributed by atoms with Crippen LogP contribution in [0.25, 0.3) is 0 Å². The molecule has 0 saturated carbocycles. The van der Waals surface area contributed by atoms with Crippen molar-refractivity contribution in [2.45, 2.75) is 93.9 Å². The first-order valence-corrected chi connectivity index (χ1v) is 11.0. The molecule has 0 unspecified atom stereocenters. The minimum atomic E-state index is -0.00755.